The van der Waals surface area contributed by atoms with Crippen LogP contribution in [0.5, 0.6) is 5.75 Å². The van der Waals surface area contributed by atoms with Gasteiger partial charge in [-0.2, -0.15) is 0 Å². The van der Waals surface area contributed by atoms with E-state index in [0.29, 0.717) is 18.0 Å². The number of unbranched alkanes of at least 4 members (excludes halogenated alkanes) is 1. The number of rotatable bonds is 7. The van der Waals surface area contributed by atoms with Crippen molar-refractivity contribution in [2.75, 3.05) is 24.6 Å². The van der Waals surface area contributed by atoms with Crippen molar-refractivity contribution in [3.8, 4) is 5.75 Å². The third kappa shape index (κ3) is 4.82. The number of ether oxygens (including phenoxy) is 1. The van der Waals surface area contributed by atoms with E-state index < -0.39 is 0 Å². The summed E-state index contributed by atoms with van der Waals surface area (Å²) in [6.45, 7) is 2.53. The molecule has 0 spiro atoms. The largest absolute Gasteiger partial charge is 0.482 e. The first-order chi connectivity index (χ1) is 12.5. The predicted octanol–water partition coefficient (Wildman–Crippen LogP) is 3.08. The molecule has 8 heteroatoms. The Balaban J connectivity index is 1.45. The molecule has 138 valence electrons. The Morgan fingerprint density at radius 1 is 1.42 bits per heavy atom. The summed E-state index contributed by atoms with van der Waals surface area (Å²) in [5.74, 6) is 0.221. The van der Waals surface area contributed by atoms with Gasteiger partial charge in [-0.15, -0.1) is 11.3 Å². The number of nitrogens with zero attached hydrogens (tertiary/aromatic N) is 2. The molecule has 3 rings (SSSR count). The summed E-state index contributed by atoms with van der Waals surface area (Å²) in [5, 5.41) is 6.07. The molecule has 1 aliphatic rings. The van der Waals surface area contributed by atoms with E-state index in [1.165, 1.54) is 4.90 Å². The maximum absolute atomic E-state index is 12.2. The quantitative estimate of drug-likeness (QED) is 0.675. The van der Waals surface area contributed by atoms with Gasteiger partial charge < -0.3 is 10.1 Å². The lowest BCUT2D eigenvalue weighted by Crippen LogP contribution is -2.45. The highest BCUT2D eigenvalue weighted by atomic mass is 79.9. The van der Waals surface area contributed by atoms with Crippen molar-refractivity contribution < 1.29 is 14.3 Å². The van der Waals surface area contributed by atoms with Gasteiger partial charge in [-0.1, -0.05) is 15.9 Å². The highest BCUT2D eigenvalue weighted by Gasteiger charge is 2.27. The molecule has 0 radical (unpaired) electrons. The molecule has 0 aliphatic carbocycles. The van der Waals surface area contributed by atoms with E-state index in [2.05, 4.69) is 26.2 Å². The third-order valence-electron chi connectivity index (χ3n) is 3.97. The van der Waals surface area contributed by atoms with Gasteiger partial charge >= 0.3 is 0 Å². The molecule has 26 heavy (non-hydrogen) atoms. The molecule has 0 fully saturated rings. The summed E-state index contributed by atoms with van der Waals surface area (Å²) in [4.78, 5) is 30.2. The Labute approximate surface area is 164 Å². The molecular formula is C18H20BrN3O3S. The van der Waals surface area contributed by atoms with Gasteiger partial charge in [-0.25, -0.2) is 4.98 Å². The van der Waals surface area contributed by atoms with E-state index in [4.69, 9.17) is 4.74 Å². The van der Waals surface area contributed by atoms with Crippen molar-refractivity contribution in [1.29, 1.82) is 0 Å². The zero-order valence-corrected chi connectivity index (χ0v) is 16.9. The highest BCUT2D eigenvalue weighted by molar-refractivity contribution is 9.10. The number of thiazole rings is 1. The molecule has 0 saturated heterocycles. The van der Waals surface area contributed by atoms with E-state index in [9.17, 15) is 9.59 Å². The molecule has 0 saturated carbocycles. The van der Waals surface area contributed by atoms with Crippen molar-refractivity contribution in [2.24, 2.45) is 0 Å². The van der Waals surface area contributed by atoms with Gasteiger partial charge in [-0.3, -0.25) is 14.5 Å². The zero-order valence-electron chi connectivity index (χ0n) is 14.5. The van der Waals surface area contributed by atoms with Gasteiger partial charge in [0.15, 0.2) is 6.61 Å². The minimum absolute atomic E-state index is 0.00248. The lowest BCUT2D eigenvalue weighted by molar-refractivity contribution is -0.125. The molecule has 0 atom stereocenters. The van der Waals surface area contributed by atoms with E-state index >= 15 is 0 Å². The number of benzene rings is 1. The van der Waals surface area contributed by atoms with Gasteiger partial charge in [0.2, 0.25) is 5.91 Å². The van der Waals surface area contributed by atoms with E-state index in [1.807, 2.05) is 18.4 Å². The molecule has 1 aliphatic heterocycles. The van der Waals surface area contributed by atoms with Crippen molar-refractivity contribution in [1.82, 2.24) is 10.3 Å². The SMILES string of the molecule is Cc1csc(CCCCNC(=O)CN2C(=O)COc3cc(Br)ccc32)n1. The van der Waals surface area contributed by atoms with Crippen LogP contribution in [0.2, 0.25) is 0 Å². The fraction of sp³-hybridized carbons (Fsp3) is 0.389. The number of aromatic nitrogens is 1. The number of amides is 2. The standard InChI is InChI=1S/C18H20BrN3O3S/c1-12-11-26-17(21-12)4-2-3-7-20-16(23)9-22-14-6-5-13(19)8-15(14)25-10-18(22)24/h5-6,8,11H,2-4,7,9-10H2,1H3,(H,20,23). The van der Waals surface area contributed by atoms with Crippen LogP contribution in [0.1, 0.15) is 23.5 Å². The monoisotopic (exact) mass is 437 g/mol. The molecule has 1 aromatic heterocycles. The first-order valence-electron chi connectivity index (χ1n) is 8.43. The molecule has 1 N–H and O–H groups in total. The fourth-order valence-corrected chi connectivity index (χ4v) is 3.86. The lowest BCUT2D eigenvalue weighted by Gasteiger charge is -2.29. The number of anilines is 1. The van der Waals surface area contributed by atoms with Crippen LogP contribution in [-0.4, -0.2) is 36.5 Å². The predicted molar refractivity (Wildman–Crippen MR) is 105 cm³/mol. The van der Waals surface area contributed by atoms with Gasteiger partial charge in [-0.05, 0) is 44.4 Å². The van der Waals surface area contributed by atoms with Crippen LogP contribution in [0.25, 0.3) is 0 Å². The first-order valence-corrected chi connectivity index (χ1v) is 10.1. The highest BCUT2D eigenvalue weighted by Crippen LogP contribution is 2.34. The molecular weight excluding hydrogens is 418 g/mol. The number of nitrogens with one attached hydrogen (secondary N) is 1. The van der Waals surface area contributed by atoms with Gasteiger partial charge in [0, 0.05) is 22.1 Å². The maximum atomic E-state index is 12.2. The van der Waals surface area contributed by atoms with Gasteiger partial charge in [0.25, 0.3) is 5.91 Å². The first kappa shape index (κ1) is 18.8. The number of aryl methyl sites for hydroxylation is 2. The number of fused-ring (bicyclic) bond motifs is 1. The van der Waals surface area contributed by atoms with Crippen molar-refractivity contribution in [2.45, 2.75) is 26.2 Å². The van der Waals surface area contributed by atoms with Crippen molar-refractivity contribution in [3.63, 3.8) is 0 Å². The Kier molecular flexibility index (Phi) is 6.26. The van der Waals surface area contributed by atoms with Crippen molar-refractivity contribution >= 4 is 44.8 Å². The van der Waals surface area contributed by atoms with E-state index in [1.54, 1.807) is 23.5 Å². The Morgan fingerprint density at radius 3 is 3.04 bits per heavy atom. The van der Waals surface area contributed by atoms with Crippen LogP contribution >= 0.6 is 27.3 Å². The second-order valence-electron chi connectivity index (χ2n) is 6.07. The average molecular weight is 438 g/mol. The average Bonchev–Trinajstić information content (AvgIpc) is 3.02. The van der Waals surface area contributed by atoms with Crippen LogP contribution < -0.4 is 15.0 Å². The van der Waals surface area contributed by atoms with Crippen LogP contribution in [0.3, 0.4) is 0 Å². The summed E-state index contributed by atoms with van der Waals surface area (Å²) in [5.41, 5.74) is 1.68. The summed E-state index contributed by atoms with van der Waals surface area (Å²) in [6.07, 6.45) is 2.78. The Hall–Kier alpha value is -1.93. The number of carbonyl (C=O) groups excluding carboxylic acids is 2. The minimum Gasteiger partial charge on any atom is -0.482 e. The maximum Gasteiger partial charge on any atom is 0.265 e. The second-order valence-corrected chi connectivity index (χ2v) is 7.93. The summed E-state index contributed by atoms with van der Waals surface area (Å²) >= 11 is 5.05. The summed E-state index contributed by atoms with van der Waals surface area (Å²) < 4.78 is 6.29. The van der Waals surface area contributed by atoms with Crippen LogP contribution in [0.15, 0.2) is 28.1 Å². The van der Waals surface area contributed by atoms with Crippen LogP contribution in [0, 0.1) is 6.92 Å². The zero-order chi connectivity index (χ0) is 18.5. The van der Waals surface area contributed by atoms with E-state index in [0.717, 1.165) is 34.4 Å². The van der Waals surface area contributed by atoms with Gasteiger partial charge in [0.1, 0.15) is 12.3 Å². The molecule has 0 bridgehead atoms. The number of hydrogen-bond donors (Lipinski definition) is 1. The number of hydrogen-bond acceptors (Lipinski definition) is 5. The normalized spacial score (nSPS) is 13.3. The Morgan fingerprint density at radius 2 is 2.27 bits per heavy atom. The molecule has 2 amide bonds. The minimum atomic E-state index is -0.214. The van der Waals surface area contributed by atoms with Crippen LogP contribution in [0.4, 0.5) is 5.69 Å². The second kappa shape index (κ2) is 8.64. The Bertz CT molecular complexity index is 809. The van der Waals surface area contributed by atoms with Gasteiger partial charge in [0.05, 0.1) is 10.7 Å². The fourth-order valence-electron chi connectivity index (χ4n) is 2.70. The molecule has 6 nitrogen and oxygen atoms in total. The molecule has 1 aromatic carbocycles. The lowest BCUT2D eigenvalue weighted by atomic mass is 10.2. The molecule has 2 aromatic rings. The number of halogens is 1. The van der Waals surface area contributed by atoms with Crippen LogP contribution in [-0.2, 0) is 16.0 Å². The molecule has 0 unspecified atom stereocenters. The smallest absolute Gasteiger partial charge is 0.265 e. The third-order valence-corrected chi connectivity index (χ3v) is 5.49. The topological polar surface area (TPSA) is 71.5 Å². The summed E-state index contributed by atoms with van der Waals surface area (Å²) in [7, 11) is 0. The number of carbonyl (C=O) groups is 2. The summed E-state index contributed by atoms with van der Waals surface area (Å²) in [6, 6.07) is 5.40. The molecule has 2 heterocycles. The van der Waals surface area contributed by atoms with Crippen molar-refractivity contribution in [3.05, 3.63) is 38.8 Å². The van der Waals surface area contributed by atoms with E-state index in [-0.39, 0.29) is 25.0 Å².